The largest absolute Gasteiger partial charge is 0.444 e. The fraction of sp³-hybridized carbons (Fsp3) is 0.300. The summed E-state index contributed by atoms with van der Waals surface area (Å²) >= 11 is 6.18. The number of alkyl carbamates (subject to hydrolysis) is 1. The van der Waals surface area contributed by atoms with Crippen molar-refractivity contribution in [2.75, 3.05) is 6.54 Å². The van der Waals surface area contributed by atoms with Crippen LogP contribution in [-0.4, -0.2) is 27.8 Å². The van der Waals surface area contributed by atoms with Gasteiger partial charge < -0.3 is 10.1 Å². The van der Waals surface area contributed by atoms with Gasteiger partial charge in [0, 0.05) is 23.7 Å². The van der Waals surface area contributed by atoms with Crippen LogP contribution in [0.1, 0.15) is 26.6 Å². The zero-order valence-electron chi connectivity index (χ0n) is 15.1. The van der Waals surface area contributed by atoms with E-state index in [1.54, 1.807) is 0 Å². The second-order valence-corrected chi connectivity index (χ2v) is 7.45. The van der Waals surface area contributed by atoms with Crippen LogP contribution in [0.3, 0.4) is 0 Å². The second-order valence-electron chi connectivity index (χ2n) is 7.01. The first-order chi connectivity index (χ1) is 12.3. The van der Waals surface area contributed by atoms with Crippen LogP contribution in [0.5, 0.6) is 0 Å². The SMILES string of the molecule is CC(C)(C)OC(=O)NCCc1nc2ccc(Cl)cc2n1-c1ccccc1. The molecule has 0 aliphatic carbocycles. The lowest BCUT2D eigenvalue weighted by molar-refractivity contribution is 0.0528. The molecule has 0 unspecified atom stereocenters. The van der Waals surface area contributed by atoms with E-state index in [-0.39, 0.29) is 0 Å². The predicted molar refractivity (Wildman–Crippen MR) is 104 cm³/mol. The van der Waals surface area contributed by atoms with Gasteiger partial charge in [0.25, 0.3) is 0 Å². The van der Waals surface area contributed by atoms with Crippen molar-refractivity contribution in [2.45, 2.75) is 32.8 Å². The van der Waals surface area contributed by atoms with E-state index >= 15 is 0 Å². The van der Waals surface area contributed by atoms with E-state index < -0.39 is 11.7 Å². The molecule has 0 aliphatic rings. The highest BCUT2D eigenvalue weighted by Gasteiger charge is 2.17. The number of fused-ring (bicyclic) bond motifs is 1. The van der Waals surface area contributed by atoms with E-state index in [0.29, 0.717) is 18.0 Å². The molecular formula is C20H22ClN3O2. The number of hydrogen-bond donors (Lipinski definition) is 1. The minimum atomic E-state index is -0.516. The molecule has 0 saturated heterocycles. The van der Waals surface area contributed by atoms with Gasteiger partial charge >= 0.3 is 6.09 Å². The van der Waals surface area contributed by atoms with E-state index in [1.807, 2.05) is 69.3 Å². The molecule has 1 N–H and O–H groups in total. The molecule has 0 bridgehead atoms. The number of carbonyl (C=O) groups excluding carboxylic acids is 1. The number of rotatable bonds is 4. The first kappa shape index (κ1) is 18.3. The minimum absolute atomic E-state index is 0.428. The van der Waals surface area contributed by atoms with Gasteiger partial charge in [0.2, 0.25) is 0 Å². The standard InChI is InChI=1S/C20H22ClN3O2/c1-20(2,3)26-19(25)22-12-11-18-23-16-10-9-14(21)13-17(16)24(18)15-7-5-4-6-8-15/h4-10,13H,11-12H2,1-3H3,(H,22,25). The van der Waals surface area contributed by atoms with Crippen molar-refractivity contribution in [3.8, 4) is 5.69 Å². The molecular weight excluding hydrogens is 350 g/mol. The Labute approximate surface area is 157 Å². The lowest BCUT2D eigenvalue weighted by Gasteiger charge is -2.19. The van der Waals surface area contributed by atoms with Crippen LogP contribution in [0, 0.1) is 0 Å². The normalized spacial score (nSPS) is 11.5. The van der Waals surface area contributed by atoms with Gasteiger partial charge in [0.15, 0.2) is 0 Å². The van der Waals surface area contributed by atoms with E-state index in [2.05, 4.69) is 9.88 Å². The van der Waals surface area contributed by atoms with Crippen molar-refractivity contribution in [1.82, 2.24) is 14.9 Å². The number of carbonyl (C=O) groups is 1. The fourth-order valence-electron chi connectivity index (χ4n) is 2.72. The summed E-state index contributed by atoms with van der Waals surface area (Å²) in [6.45, 7) is 5.94. The molecule has 5 nitrogen and oxygen atoms in total. The second kappa shape index (κ2) is 7.38. The summed E-state index contributed by atoms with van der Waals surface area (Å²) in [4.78, 5) is 16.6. The topological polar surface area (TPSA) is 56.1 Å². The Morgan fingerprint density at radius 2 is 1.92 bits per heavy atom. The first-order valence-electron chi connectivity index (χ1n) is 8.53. The molecule has 26 heavy (non-hydrogen) atoms. The highest BCUT2D eigenvalue weighted by atomic mass is 35.5. The molecule has 136 valence electrons. The Balaban J connectivity index is 1.85. The zero-order chi connectivity index (χ0) is 18.7. The van der Waals surface area contributed by atoms with Gasteiger partial charge in [0.05, 0.1) is 11.0 Å². The van der Waals surface area contributed by atoms with E-state index in [1.165, 1.54) is 0 Å². The maximum Gasteiger partial charge on any atom is 0.407 e. The monoisotopic (exact) mass is 371 g/mol. The highest BCUT2D eigenvalue weighted by Crippen LogP contribution is 2.24. The number of ether oxygens (including phenoxy) is 1. The Hall–Kier alpha value is -2.53. The zero-order valence-corrected chi connectivity index (χ0v) is 15.9. The lowest BCUT2D eigenvalue weighted by Crippen LogP contribution is -2.33. The first-order valence-corrected chi connectivity index (χ1v) is 8.90. The number of para-hydroxylation sites is 1. The number of nitrogens with one attached hydrogen (secondary N) is 1. The Morgan fingerprint density at radius 3 is 2.62 bits per heavy atom. The van der Waals surface area contributed by atoms with Crippen LogP contribution in [0.15, 0.2) is 48.5 Å². The predicted octanol–water partition coefficient (Wildman–Crippen LogP) is 4.75. The summed E-state index contributed by atoms with van der Waals surface area (Å²) in [5.41, 5.74) is 2.30. The number of benzene rings is 2. The molecule has 0 saturated carbocycles. The van der Waals surface area contributed by atoms with Crippen molar-refractivity contribution < 1.29 is 9.53 Å². The van der Waals surface area contributed by atoms with Crippen molar-refractivity contribution >= 4 is 28.7 Å². The Kier molecular flexibility index (Phi) is 5.18. The molecule has 0 spiro atoms. The van der Waals surface area contributed by atoms with Crippen LogP contribution in [-0.2, 0) is 11.2 Å². The molecule has 1 heterocycles. The number of nitrogens with zero attached hydrogens (tertiary/aromatic N) is 2. The third-order valence-electron chi connectivity index (χ3n) is 3.72. The number of halogens is 1. The van der Waals surface area contributed by atoms with Crippen molar-refractivity contribution in [3.05, 3.63) is 59.4 Å². The molecule has 2 aromatic carbocycles. The van der Waals surface area contributed by atoms with Gasteiger partial charge in [-0.1, -0.05) is 29.8 Å². The summed E-state index contributed by atoms with van der Waals surface area (Å²) in [5, 5.41) is 3.44. The molecule has 0 atom stereocenters. The summed E-state index contributed by atoms with van der Waals surface area (Å²) in [5.74, 6) is 0.851. The average molecular weight is 372 g/mol. The molecule has 3 rings (SSSR count). The number of imidazole rings is 1. The molecule has 6 heteroatoms. The third kappa shape index (κ3) is 4.35. The third-order valence-corrected chi connectivity index (χ3v) is 3.95. The summed E-state index contributed by atoms with van der Waals surface area (Å²) in [6.07, 6.45) is 0.142. The summed E-state index contributed by atoms with van der Waals surface area (Å²) in [7, 11) is 0. The van der Waals surface area contributed by atoms with E-state index in [9.17, 15) is 4.79 Å². The molecule has 0 aliphatic heterocycles. The number of aromatic nitrogens is 2. The van der Waals surface area contributed by atoms with Gasteiger partial charge in [-0.25, -0.2) is 9.78 Å². The minimum Gasteiger partial charge on any atom is -0.444 e. The van der Waals surface area contributed by atoms with Crippen LogP contribution >= 0.6 is 11.6 Å². The van der Waals surface area contributed by atoms with Gasteiger partial charge in [-0.3, -0.25) is 4.57 Å². The van der Waals surface area contributed by atoms with Crippen molar-refractivity contribution in [3.63, 3.8) is 0 Å². The van der Waals surface area contributed by atoms with E-state index in [0.717, 1.165) is 22.5 Å². The molecule has 0 radical (unpaired) electrons. The molecule has 0 fully saturated rings. The van der Waals surface area contributed by atoms with Crippen LogP contribution in [0.2, 0.25) is 5.02 Å². The Bertz CT molecular complexity index is 914. The summed E-state index contributed by atoms with van der Waals surface area (Å²) in [6, 6.07) is 15.6. The quantitative estimate of drug-likeness (QED) is 0.720. The lowest BCUT2D eigenvalue weighted by atomic mass is 10.2. The maximum absolute atomic E-state index is 11.8. The molecule has 1 amide bonds. The smallest absolute Gasteiger partial charge is 0.407 e. The van der Waals surface area contributed by atoms with Gasteiger partial charge in [-0.2, -0.15) is 0 Å². The Morgan fingerprint density at radius 1 is 1.19 bits per heavy atom. The van der Waals surface area contributed by atoms with Crippen molar-refractivity contribution in [2.24, 2.45) is 0 Å². The van der Waals surface area contributed by atoms with Gasteiger partial charge in [-0.15, -0.1) is 0 Å². The average Bonchev–Trinajstić information content (AvgIpc) is 2.91. The number of amides is 1. The summed E-state index contributed by atoms with van der Waals surface area (Å²) < 4.78 is 7.34. The van der Waals surface area contributed by atoms with Gasteiger partial charge in [-0.05, 0) is 51.1 Å². The van der Waals surface area contributed by atoms with Crippen LogP contribution in [0.25, 0.3) is 16.7 Å². The maximum atomic E-state index is 11.8. The van der Waals surface area contributed by atoms with Crippen molar-refractivity contribution in [1.29, 1.82) is 0 Å². The molecule has 3 aromatic rings. The van der Waals surface area contributed by atoms with Gasteiger partial charge in [0.1, 0.15) is 11.4 Å². The molecule has 1 aromatic heterocycles. The van der Waals surface area contributed by atoms with Crippen LogP contribution in [0.4, 0.5) is 4.79 Å². The number of hydrogen-bond acceptors (Lipinski definition) is 3. The highest BCUT2D eigenvalue weighted by molar-refractivity contribution is 6.31. The fourth-order valence-corrected chi connectivity index (χ4v) is 2.89. The van der Waals surface area contributed by atoms with E-state index in [4.69, 9.17) is 21.3 Å². The van der Waals surface area contributed by atoms with Crippen LogP contribution < -0.4 is 5.32 Å².